The van der Waals surface area contributed by atoms with Crippen molar-refractivity contribution in [2.24, 2.45) is 0 Å². The molecule has 0 atom stereocenters. The molecule has 0 fully saturated rings. The quantitative estimate of drug-likeness (QED) is 0.392. The minimum atomic E-state index is 0. The molecule has 8 heavy (non-hydrogen) atoms. The van der Waals surface area contributed by atoms with Gasteiger partial charge in [-0.15, -0.1) is 0 Å². The number of thiocarbonyl (C=S) groups is 2. The molecule has 0 unspecified atom stereocenters. The Morgan fingerprint density at radius 1 is 0.875 bits per heavy atom. The van der Waals surface area contributed by atoms with Gasteiger partial charge in [0.25, 0.3) is 0 Å². The monoisotopic (exact) mass is 332 g/mol. The van der Waals surface area contributed by atoms with Crippen molar-refractivity contribution >= 4 is 59.1 Å². The molecule has 0 saturated carbocycles. The van der Waals surface area contributed by atoms with E-state index in [-0.39, 0.29) is 65.4 Å². The molecule has 0 aliphatic rings. The molecule has 0 heterocycles. The van der Waals surface area contributed by atoms with E-state index in [0.29, 0.717) is 0 Å². The second-order valence-corrected chi connectivity index (χ2v) is 1.64. The van der Waals surface area contributed by atoms with Crippen molar-refractivity contribution < 1.29 is 65.4 Å². The van der Waals surface area contributed by atoms with Crippen molar-refractivity contribution in [3.63, 3.8) is 0 Å². The van der Waals surface area contributed by atoms with Gasteiger partial charge in [0.2, 0.25) is 0 Å². The van der Waals surface area contributed by atoms with Crippen LogP contribution in [0.4, 0.5) is 0 Å². The van der Waals surface area contributed by atoms with Crippen molar-refractivity contribution in [3.8, 4) is 0 Å². The van der Waals surface area contributed by atoms with Gasteiger partial charge >= 0.3 is 0 Å². The zero-order valence-electron chi connectivity index (χ0n) is 3.87. The van der Waals surface area contributed by atoms with Crippen LogP contribution in [0.25, 0.3) is 0 Å². The van der Waals surface area contributed by atoms with E-state index >= 15 is 0 Å². The summed E-state index contributed by atoms with van der Waals surface area (Å²) < 4.78 is 4.06. The molecule has 0 nitrogen and oxygen atoms in total. The summed E-state index contributed by atoms with van der Waals surface area (Å²) in [5.74, 6) is 0. The van der Waals surface area contributed by atoms with E-state index in [0.717, 1.165) is 0 Å². The summed E-state index contributed by atoms with van der Waals surface area (Å²) in [5.41, 5.74) is 0. The van der Waals surface area contributed by atoms with Gasteiger partial charge in [0, 0.05) is 65.4 Å². The van der Waals surface area contributed by atoms with Gasteiger partial charge in [0.15, 0.2) is 0 Å². The van der Waals surface area contributed by atoms with E-state index in [1.165, 1.54) is 0 Å². The third kappa shape index (κ3) is 62.3. The molecular weight excluding hydrogens is 330 g/mol. The van der Waals surface area contributed by atoms with E-state index in [1.54, 1.807) is 0 Å². The Hall–Kier alpha value is 3.09. The average molecular weight is 332 g/mol. The fraction of sp³-hybridized carbons (Fsp3) is 0. The maximum atomic E-state index is 4.01. The molecule has 2 radical (unpaired) electrons. The predicted molar refractivity (Wildman–Crippen MR) is 43.2 cm³/mol. The molecule has 42 valence electrons. The van der Waals surface area contributed by atoms with Crippen LogP contribution in [0, 0.1) is 0 Å². The van der Waals surface area contributed by atoms with Gasteiger partial charge in [-0.25, -0.2) is 0 Å². The molecule has 0 bridgehead atoms. The fourth-order valence-corrected chi connectivity index (χ4v) is 0. The molecule has 0 saturated heterocycles. The molecule has 0 spiro atoms. The van der Waals surface area contributed by atoms with E-state index < -0.39 is 0 Å². The van der Waals surface area contributed by atoms with Crippen LogP contribution in [0.15, 0.2) is 0 Å². The molecule has 0 aliphatic heterocycles. The number of hydrogen-bond acceptors (Lipinski definition) is 2. The van der Waals surface area contributed by atoms with E-state index in [9.17, 15) is 0 Å². The van der Waals surface area contributed by atoms with Gasteiger partial charge < -0.3 is 59.1 Å². The first-order valence-corrected chi connectivity index (χ1v) is 2.57. The summed E-state index contributed by atoms with van der Waals surface area (Å²) in [6, 6.07) is 0. The Labute approximate surface area is 122 Å². The second-order valence-electron chi connectivity index (χ2n) is 0.183. The zero-order valence-corrected chi connectivity index (χ0v) is 13.0. The smallest absolute Gasteiger partial charge is 0 e. The van der Waals surface area contributed by atoms with Crippen molar-refractivity contribution in [1.82, 2.24) is 0 Å². The molecule has 0 rings (SSSR count). The fourth-order valence-electron chi connectivity index (χ4n) is 0. The SMILES string of the molecule is S=[C-]S.S=[C-]S.[Y].[Y]. The Kier molecular flexibility index (Phi) is 90.4. The molecular formula is C2H2S4Y2-2. The van der Waals surface area contributed by atoms with E-state index in [1.807, 2.05) is 9.40 Å². The summed E-state index contributed by atoms with van der Waals surface area (Å²) in [7, 11) is 0. The molecule has 0 aromatic rings. The van der Waals surface area contributed by atoms with Crippen LogP contribution in [0.1, 0.15) is 0 Å². The molecule has 0 aliphatic carbocycles. The molecule has 6 heteroatoms. The Bertz CT molecular complexity index is 33.0. The normalized spacial score (nSPS) is 3.25. The van der Waals surface area contributed by atoms with Gasteiger partial charge in [0.1, 0.15) is 0 Å². The molecule has 0 aromatic carbocycles. The van der Waals surface area contributed by atoms with Crippen molar-refractivity contribution in [2.45, 2.75) is 0 Å². The van der Waals surface area contributed by atoms with Crippen LogP contribution in [0.3, 0.4) is 0 Å². The first kappa shape index (κ1) is 22.5. The van der Waals surface area contributed by atoms with Crippen LogP contribution in [0.2, 0.25) is 0 Å². The largest absolute Gasteiger partial charge is 0.364 e. The third-order valence-corrected chi connectivity index (χ3v) is 0. The van der Waals surface area contributed by atoms with Gasteiger partial charge in [-0.1, -0.05) is 0 Å². The Morgan fingerprint density at radius 3 is 0.875 bits per heavy atom. The topological polar surface area (TPSA) is 0 Å². The number of rotatable bonds is 0. The summed E-state index contributed by atoms with van der Waals surface area (Å²) in [6.07, 6.45) is 0. The van der Waals surface area contributed by atoms with Gasteiger partial charge in [-0.05, 0) is 0 Å². The predicted octanol–water partition coefficient (Wildman–Crippen LogP) is 1.50. The van der Waals surface area contributed by atoms with Crippen molar-refractivity contribution in [3.05, 3.63) is 0 Å². The minimum Gasteiger partial charge on any atom is -0.364 e. The maximum absolute atomic E-state index is 4.01. The molecule has 0 amide bonds. The molecule has 0 aromatic heterocycles. The first-order chi connectivity index (χ1) is 2.83. The van der Waals surface area contributed by atoms with Gasteiger partial charge in [0.05, 0.1) is 0 Å². The standard InChI is InChI=1S/2CHS2.2Y/c2*2-1-3;;/h2*(H,2,3);;/q2*-1;;. The van der Waals surface area contributed by atoms with Crippen LogP contribution in [0.5, 0.6) is 0 Å². The van der Waals surface area contributed by atoms with Crippen molar-refractivity contribution in [2.75, 3.05) is 0 Å². The average Bonchev–Trinajstić information content (AvgIpc) is 1.39. The minimum absolute atomic E-state index is 0. The number of thiol groups is 2. The summed E-state index contributed by atoms with van der Waals surface area (Å²) in [6.45, 7) is 0. The van der Waals surface area contributed by atoms with Crippen LogP contribution >= 0.6 is 49.7 Å². The van der Waals surface area contributed by atoms with Gasteiger partial charge in [-0.3, -0.25) is 0 Å². The van der Waals surface area contributed by atoms with Crippen LogP contribution < -0.4 is 0 Å². The summed E-state index contributed by atoms with van der Waals surface area (Å²) in [5, 5.41) is 0. The van der Waals surface area contributed by atoms with Crippen LogP contribution in [-0.4, -0.2) is 9.40 Å². The summed E-state index contributed by atoms with van der Waals surface area (Å²) in [4.78, 5) is 0. The van der Waals surface area contributed by atoms with Crippen LogP contribution in [-0.2, 0) is 65.4 Å². The first-order valence-electron chi connectivity index (χ1n) is 0.855. The van der Waals surface area contributed by atoms with Gasteiger partial charge in [-0.2, -0.15) is 0 Å². The van der Waals surface area contributed by atoms with E-state index in [2.05, 4.69) is 49.7 Å². The summed E-state index contributed by atoms with van der Waals surface area (Å²) >= 11 is 14.7. The maximum Gasteiger partial charge on any atom is 0 e. The van der Waals surface area contributed by atoms with E-state index in [4.69, 9.17) is 0 Å². The Balaban J connectivity index is -0.0000000160. The Morgan fingerprint density at radius 2 is 0.875 bits per heavy atom. The number of hydrogen-bond donors (Lipinski definition) is 2. The second kappa shape index (κ2) is 32.2. The zero-order chi connectivity index (χ0) is 5.41. The van der Waals surface area contributed by atoms with Crippen molar-refractivity contribution in [1.29, 1.82) is 0 Å². The molecule has 0 N–H and O–H groups in total. The third-order valence-electron chi connectivity index (χ3n) is 0.